The Labute approximate surface area is 132 Å². The molecular weight excluding hydrogens is 310 g/mol. The minimum atomic E-state index is -3.49. The van der Waals surface area contributed by atoms with Gasteiger partial charge in [0.2, 0.25) is 10.0 Å². The molecule has 0 bridgehead atoms. The zero-order valence-electron chi connectivity index (χ0n) is 12.7. The third-order valence-corrected chi connectivity index (χ3v) is 6.25. The lowest BCUT2D eigenvalue weighted by molar-refractivity contribution is -0.00279. The molecule has 0 N–H and O–H groups in total. The fourth-order valence-corrected chi connectivity index (χ4v) is 4.59. The summed E-state index contributed by atoms with van der Waals surface area (Å²) in [5.74, 6) is 0.315. The molecule has 2 rings (SSSR count). The Kier molecular flexibility index (Phi) is 5.30. The number of nitrogens with zero attached hydrogens (tertiary/aromatic N) is 1. The van der Waals surface area contributed by atoms with Gasteiger partial charge in [-0.05, 0) is 43.0 Å². The number of alkyl halides is 1. The van der Waals surface area contributed by atoms with Crippen molar-refractivity contribution in [2.24, 2.45) is 0 Å². The molecule has 1 aromatic carbocycles. The molecule has 1 fully saturated rings. The van der Waals surface area contributed by atoms with E-state index in [1.807, 2.05) is 26.8 Å². The van der Waals surface area contributed by atoms with Gasteiger partial charge in [-0.1, -0.05) is 13.0 Å². The quantitative estimate of drug-likeness (QED) is 0.797. The van der Waals surface area contributed by atoms with Gasteiger partial charge in [-0.3, -0.25) is 0 Å². The maximum absolute atomic E-state index is 12.9. The molecule has 1 aliphatic heterocycles. The van der Waals surface area contributed by atoms with Crippen LogP contribution >= 0.6 is 11.6 Å². The summed E-state index contributed by atoms with van der Waals surface area (Å²) < 4.78 is 32.8. The first kappa shape index (κ1) is 16.7. The molecule has 1 atom stereocenters. The second kappa shape index (κ2) is 6.65. The largest absolute Gasteiger partial charge is 0.375 e. The molecule has 0 aliphatic carbocycles. The molecule has 6 heteroatoms. The van der Waals surface area contributed by atoms with E-state index in [1.165, 1.54) is 4.31 Å². The van der Waals surface area contributed by atoms with Crippen LogP contribution in [-0.4, -0.2) is 38.5 Å². The van der Waals surface area contributed by atoms with Crippen molar-refractivity contribution in [1.29, 1.82) is 0 Å². The van der Waals surface area contributed by atoms with Gasteiger partial charge in [0, 0.05) is 19.0 Å². The standard InChI is InChI=1S/C15H22ClNO3S/c1-4-14-10-17(5-6-20-14)21(18,19)15-8-13(9-16)11(2)7-12(15)3/h7-8,14H,4-6,9-10H2,1-3H3. The van der Waals surface area contributed by atoms with Crippen molar-refractivity contribution in [3.05, 3.63) is 28.8 Å². The van der Waals surface area contributed by atoms with Crippen molar-refractivity contribution in [1.82, 2.24) is 4.31 Å². The summed E-state index contributed by atoms with van der Waals surface area (Å²) >= 11 is 5.91. The normalized spacial score (nSPS) is 20.7. The number of sulfonamides is 1. The number of benzene rings is 1. The number of aryl methyl sites for hydroxylation is 2. The Hall–Kier alpha value is -0.620. The van der Waals surface area contributed by atoms with Crippen LogP contribution < -0.4 is 0 Å². The second-order valence-corrected chi connectivity index (χ2v) is 7.62. The third-order valence-electron chi connectivity index (χ3n) is 3.95. The third kappa shape index (κ3) is 3.42. The summed E-state index contributed by atoms with van der Waals surface area (Å²) in [4.78, 5) is 0.362. The molecule has 1 aliphatic rings. The van der Waals surface area contributed by atoms with Crippen molar-refractivity contribution in [3.63, 3.8) is 0 Å². The van der Waals surface area contributed by atoms with Gasteiger partial charge in [-0.25, -0.2) is 8.42 Å². The molecule has 0 saturated carbocycles. The van der Waals surface area contributed by atoms with Gasteiger partial charge in [-0.15, -0.1) is 11.6 Å². The monoisotopic (exact) mass is 331 g/mol. The van der Waals surface area contributed by atoms with E-state index in [2.05, 4.69) is 0 Å². The number of ether oxygens (including phenoxy) is 1. The molecule has 0 amide bonds. The van der Waals surface area contributed by atoms with Crippen LogP contribution in [0, 0.1) is 13.8 Å². The average Bonchev–Trinajstić information content (AvgIpc) is 2.47. The van der Waals surface area contributed by atoms with Crippen LogP contribution in [-0.2, 0) is 20.6 Å². The van der Waals surface area contributed by atoms with E-state index in [1.54, 1.807) is 6.07 Å². The lowest BCUT2D eigenvalue weighted by Gasteiger charge is -2.32. The smallest absolute Gasteiger partial charge is 0.243 e. The fourth-order valence-electron chi connectivity index (χ4n) is 2.59. The van der Waals surface area contributed by atoms with Crippen molar-refractivity contribution < 1.29 is 13.2 Å². The zero-order chi connectivity index (χ0) is 15.6. The average molecular weight is 332 g/mol. The lowest BCUT2D eigenvalue weighted by Crippen LogP contribution is -2.45. The van der Waals surface area contributed by atoms with Gasteiger partial charge < -0.3 is 4.74 Å². The summed E-state index contributed by atoms with van der Waals surface area (Å²) in [6, 6.07) is 3.60. The van der Waals surface area contributed by atoms with Crippen LogP contribution in [0.15, 0.2) is 17.0 Å². The van der Waals surface area contributed by atoms with Crippen LogP contribution in [0.5, 0.6) is 0 Å². The molecule has 0 aromatic heterocycles. The van der Waals surface area contributed by atoms with Gasteiger partial charge in [-0.2, -0.15) is 4.31 Å². The number of hydrogen-bond donors (Lipinski definition) is 0. The predicted octanol–water partition coefficient (Wildman–Crippen LogP) is 2.84. The van der Waals surface area contributed by atoms with E-state index < -0.39 is 10.0 Å². The SMILES string of the molecule is CCC1CN(S(=O)(=O)c2cc(CCl)c(C)cc2C)CCO1. The van der Waals surface area contributed by atoms with Crippen LogP contribution in [0.2, 0.25) is 0 Å². The highest BCUT2D eigenvalue weighted by Gasteiger charge is 2.31. The molecule has 21 heavy (non-hydrogen) atoms. The summed E-state index contributed by atoms with van der Waals surface area (Å²) in [5.41, 5.74) is 2.65. The molecule has 1 unspecified atom stereocenters. The molecule has 1 heterocycles. The van der Waals surface area contributed by atoms with E-state index >= 15 is 0 Å². The summed E-state index contributed by atoms with van der Waals surface area (Å²) in [6.45, 7) is 7.05. The maximum atomic E-state index is 12.9. The van der Waals surface area contributed by atoms with Crippen LogP contribution in [0.4, 0.5) is 0 Å². The highest BCUT2D eigenvalue weighted by Crippen LogP contribution is 2.26. The topological polar surface area (TPSA) is 46.6 Å². The molecule has 4 nitrogen and oxygen atoms in total. The van der Waals surface area contributed by atoms with Crippen LogP contribution in [0.1, 0.15) is 30.0 Å². The van der Waals surface area contributed by atoms with E-state index in [0.717, 1.165) is 23.1 Å². The van der Waals surface area contributed by atoms with Gasteiger partial charge >= 0.3 is 0 Å². The number of hydrogen-bond acceptors (Lipinski definition) is 3. The number of rotatable bonds is 4. The first-order valence-corrected chi connectivity index (χ1v) is 9.15. The van der Waals surface area contributed by atoms with Gasteiger partial charge in [0.25, 0.3) is 0 Å². The molecule has 118 valence electrons. The summed E-state index contributed by atoms with van der Waals surface area (Å²) in [5, 5.41) is 0. The van der Waals surface area contributed by atoms with Crippen LogP contribution in [0.25, 0.3) is 0 Å². The minimum Gasteiger partial charge on any atom is -0.375 e. The van der Waals surface area contributed by atoms with Gasteiger partial charge in [0.15, 0.2) is 0 Å². The lowest BCUT2D eigenvalue weighted by atomic mass is 10.1. The van der Waals surface area contributed by atoms with Crippen molar-refractivity contribution in [2.75, 3.05) is 19.7 Å². The van der Waals surface area contributed by atoms with Crippen molar-refractivity contribution in [2.45, 2.75) is 44.1 Å². The first-order valence-electron chi connectivity index (χ1n) is 7.18. The number of morpholine rings is 1. The van der Waals surface area contributed by atoms with E-state index in [0.29, 0.717) is 30.5 Å². The highest BCUT2D eigenvalue weighted by molar-refractivity contribution is 7.89. The predicted molar refractivity (Wildman–Crippen MR) is 84.3 cm³/mol. The van der Waals surface area contributed by atoms with E-state index in [-0.39, 0.29) is 6.10 Å². The van der Waals surface area contributed by atoms with Crippen molar-refractivity contribution in [3.8, 4) is 0 Å². The molecule has 0 spiro atoms. The van der Waals surface area contributed by atoms with Crippen molar-refractivity contribution >= 4 is 21.6 Å². The second-order valence-electron chi connectivity index (χ2n) is 5.44. The van der Waals surface area contributed by atoms with E-state index in [4.69, 9.17) is 16.3 Å². The van der Waals surface area contributed by atoms with E-state index in [9.17, 15) is 8.42 Å². The number of halogens is 1. The summed E-state index contributed by atoms with van der Waals surface area (Å²) in [6.07, 6.45) is 0.790. The molecule has 0 radical (unpaired) electrons. The Morgan fingerprint density at radius 3 is 2.67 bits per heavy atom. The summed E-state index contributed by atoms with van der Waals surface area (Å²) in [7, 11) is -3.49. The molecule has 1 saturated heterocycles. The van der Waals surface area contributed by atoms with Crippen LogP contribution in [0.3, 0.4) is 0 Å². The fraction of sp³-hybridized carbons (Fsp3) is 0.600. The minimum absolute atomic E-state index is 0.0215. The molecular formula is C15H22ClNO3S. The Morgan fingerprint density at radius 2 is 2.05 bits per heavy atom. The maximum Gasteiger partial charge on any atom is 0.243 e. The Morgan fingerprint density at radius 1 is 1.33 bits per heavy atom. The Balaban J connectivity index is 2.39. The van der Waals surface area contributed by atoms with Gasteiger partial charge in [0.05, 0.1) is 17.6 Å². The van der Waals surface area contributed by atoms with Gasteiger partial charge in [0.1, 0.15) is 0 Å². The Bertz CT molecular complexity index is 616. The zero-order valence-corrected chi connectivity index (χ0v) is 14.3. The first-order chi connectivity index (χ1) is 9.90. The highest BCUT2D eigenvalue weighted by atomic mass is 35.5. The molecule has 1 aromatic rings.